The molecule has 1 amide bonds. The Morgan fingerprint density at radius 2 is 2.17 bits per heavy atom. The van der Waals surface area contributed by atoms with E-state index in [2.05, 4.69) is 15.1 Å². The minimum Gasteiger partial charge on any atom is -0.356 e. The topological polar surface area (TPSA) is 72.1 Å². The molecule has 1 fully saturated rings. The van der Waals surface area contributed by atoms with Gasteiger partial charge in [0.1, 0.15) is 5.82 Å². The molecule has 3 heterocycles. The fourth-order valence-corrected chi connectivity index (χ4v) is 3.29. The molecule has 1 saturated heterocycles. The lowest BCUT2D eigenvalue weighted by atomic mass is 10.0. The maximum atomic E-state index is 12.5. The molecule has 1 atom stereocenters. The van der Waals surface area contributed by atoms with Gasteiger partial charge in [-0.15, -0.1) is 0 Å². The minimum absolute atomic E-state index is 0.00874. The summed E-state index contributed by atoms with van der Waals surface area (Å²) in [5.41, 5.74) is 3.58. The standard InChI is InChI=1S/C18H24N4O2/c1-5-7-16(23)22-9-6-8-15(22)17-14(10-19-13(4)20-17)18-11(2)12(3)21-24-18/h10,15H,5-9H2,1-4H3. The Morgan fingerprint density at radius 3 is 2.83 bits per heavy atom. The van der Waals surface area contributed by atoms with Gasteiger partial charge in [-0.1, -0.05) is 12.1 Å². The molecule has 0 N–H and O–H groups in total. The number of carbonyl (C=O) groups excluding carboxylic acids is 1. The van der Waals surface area contributed by atoms with Crippen LogP contribution in [0.3, 0.4) is 0 Å². The number of hydrogen-bond acceptors (Lipinski definition) is 5. The summed E-state index contributed by atoms with van der Waals surface area (Å²) >= 11 is 0. The van der Waals surface area contributed by atoms with Gasteiger partial charge in [0.2, 0.25) is 5.91 Å². The lowest BCUT2D eigenvalue weighted by Gasteiger charge is -2.25. The van der Waals surface area contributed by atoms with Gasteiger partial charge >= 0.3 is 0 Å². The number of amides is 1. The molecule has 128 valence electrons. The van der Waals surface area contributed by atoms with Crippen LogP contribution in [0, 0.1) is 20.8 Å². The molecule has 0 spiro atoms. The molecular formula is C18H24N4O2. The molecule has 2 aromatic heterocycles. The average molecular weight is 328 g/mol. The van der Waals surface area contributed by atoms with Crippen LogP contribution in [0.4, 0.5) is 0 Å². The second-order valence-corrected chi connectivity index (χ2v) is 6.43. The van der Waals surface area contributed by atoms with Gasteiger partial charge in [-0.05, 0) is 40.0 Å². The molecular weight excluding hydrogens is 304 g/mol. The Morgan fingerprint density at radius 1 is 1.38 bits per heavy atom. The van der Waals surface area contributed by atoms with Crippen molar-refractivity contribution in [3.8, 4) is 11.3 Å². The number of nitrogens with zero attached hydrogens (tertiary/aromatic N) is 4. The van der Waals surface area contributed by atoms with Crippen LogP contribution in [-0.2, 0) is 4.79 Å². The summed E-state index contributed by atoms with van der Waals surface area (Å²) in [4.78, 5) is 23.5. The first-order valence-corrected chi connectivity index (χ1v) is 8.59. The Kier molecular flexibility index (Phi) is 4.64. The number of rotatable bonds is 4. The highest BCUT2D eigenvalue weighted by Crippen LogP contribution is 2.38. The van der Waals surface area contributed by atoms with E-state index in [9.17, 15) is 4.79 Å². The van der Waals surface area contributed by atoms with Gasteiger partial charge < -0.3 is 9.42 Å². The first-order valence-electron chi connectivity index (χ1n) is 8.59. The summed E-state index contributed by atoms with van der Waals surface area (Å²) in [6.45, 7) is 8.60. The van der Waals surface area contributed by atoms with Crippen LogP contribution >= 0.6 is 0 Å². The van der Waals surface area contributed by atoms with E-state index < -0.39 is 0 Å². The molecule has 0 radical (unpaired) electrons. The second kappa shape index (κ2) is 6.71. The molecule has 1 aliphatic rings. The predicted molar refractivity (Wildman–Crippen MR) is 90.3 cm³/mol. The maximum absolute atomic E-state index is 12.5. The zero-order valence-electron chi connectivity index (χ0n) is 14.8. The van der Waals surface area contributed by atoms with Crippen LogP contribution < -0.4 is 0 Å². The lowest BCUT2D eigenvalue weighted by molar-refractivity contribution is -0.132. The summed E-state index contributed by atoms with van der Waals surface area (Å²) in [6, 6.07) is -0.00874. The van der Waals surface area contributed by atoms with E-state index in [-0.39, 0.29) is 11.9 Å². The molecule has 0 saturated carbocycles. The summed E-state index contributed by atoms with van der Waals surface area (Å²) in [5.74, 6) is 1.61. The Bertz CT molecular complexity index is 753. The van der Waals surface area contributed by atoms with E-state index in [1.165, 1.54) is 0 Å². The highest BCUT2D eigenvalue weighted by Gasteiger charge is 2.33. The fraction of sp³-hybridized carbons (Fsp3) is 0.556. The van der Waals surface area contributed by atoms with Crippen molar-refractivity contribution >= 4 is 5.91 Å². The van der Waals surface area contributed by atoms with Crippen molar-refractivity contribution in [3.63, 3.8) is 0 Å². The zero-order valence-corrected chi connectivity index (χ0v) is 14.8. The van der Waals surface area contributed by atoms with Crippen LogP contribution in [0.2, 0.25) is 0 Å². The van der Waals surface area contributed by atoms with E-state index >= 15 is 0 Å². The number of carbonyl (C=O) groups is 1. The fourth-order valence-electron chi connectivity index (χ4n) is 3.29. The third kappa shape index (κ3) is 2.92. The number of likely N-dealkylation sites (tertiary alicyclic amines) is 1. The molecule has 0 aromatic carbocycles. The van der Waals surface area contributed by atoms with Crippen molar-refractivity contribution in [2.75, 3.05) is 6.54 Å². The summed E-state index contributed by atoms with van der Waals surface area (Å²) in [6.07, 6.45) is 5.15. The second-order valence-electron chi connectivity index (χ2n) is 6.43. The number of aromatic nitrogens is 3. The summed E-state index contributed by atoms with van der Waals surface area (Å²) in [7, 11) is 0. The van der Waals surface area contributed by atoms with Gasteiger partial charge in [0.15, 0.2) is 5.76 Å². The summed E-state index contributed by atoms with van der Waals surface area (Å²) < 4.78 is 5.53. The molecule has 0 bridgehead atoms. The highest BCUT2D eigenvalue weighted by molar-refractivity contribution is 5.77. The quantitative estimate of drug-likeness (QED) is 0.858. The van der Waals surface area contributed by atoms with Crippen molar-refractivity contribution in [2.24, 2.45) is 0 Å². The van der Waals surface area contributed by atoms with E-state index in [1.807, 2.05) is 32.6 Å². The van der Waals surface area contributed by atoms with Gasteiger partial charge in [-0.2, -0.15) is 0 Å². The largest absolute Gasteiger partial charge is 0.356 e. The van der Waals surface area contributed by atoms with Crippen LogP contribution in [0.5, 0.6) is 0 Å². The van der Waals surface area contributed by atoms with Crippen LogP contribution in [0.25, 0.3) is 11.3 Å². The van der Waals surface area contributed by atoms with E-state index in [0.717, 1.165) is 48.3 Å². The molecule has 6 nitrogen and oxygen atoms in total. The van der Waals surface area contributed by atoms with Crippen molar-refractivity contribution in [1.29, 1.82) is 0 Å². The smallest absolute Gasteiger partial charge is 0.223 e. The molecule has 2 aromatic rings. The van der Waals surface area contributed by atoms with Crippen LogP contribution in [-0.4, -0.2) is 32.5 Å². The summed E-state index contributed by atoms with van der Waals surface area (Å²) in [5, 5.41) is 4.06. The molecule has 1 unspecified atom stereocenters. The van der Waals surface area contributed by atoms with Gasteiger partial charge in [0.05, 0.1) is 23.0 Å². The zero-order chi connectivity index (χ0) is 17.3. The van der Waals surface area contributed by atoms with Crippen molar-refractivity contribution in [3.05, 3.63) is 29.0 Å². The Labute approximate surface area is 142 Å². The van der Waals surface area contributed by atoms with Gasteiger partial charge in [-0.25, -0.2) is 9.97 Å². The van der Waals surface area contributed by atoms with Crippen molar-refractivity contribution in [1.82, 2.24) is 20.0 Å². The van der Waals surface area contributed by atoms with E-state index in [0.29, 0.717) is 18.0 Å². The first-order chi connectivity index (χ1) is 11.5. The SMILES string of the molecule is CCCC(=O)N1CCCC1c1nc(C)ncc1-c1onc(C)c1C. The monoisotopic (exact) mass is 328 g/mol. The first kappa shape index (κ1) is 16.6. The molecule has 3 rings (SSSR count). The Hall–Kier alpha value is -2.24. The van der Waals surface area contributed by atoms with E-state index in [4.69, 9.17) is 4.52 Å². The Balaban J connectivity index is 2.05. The van der Waals surface area contributed by atoms with E-state index in [1.54, 1.807) is 6.20 Å². The van der Waals surface area contributed by atoms with Crippen LogP contribution in [0.1, 0.15) is 61.4 Å². The van der Waals surface area contributed by atoms with Crippen LogP contribution in [0.15, 0.2) is 10.7 Å². The van der Waals surface area contributed by atoms with Crippen molar-refractivity contribution in [2.45, 2.75) is 59.4 Å². The molecule has 24 heavy (non-hydrogen) atoms. The third-order valence-corrected chi connectivity index (χ3v) is 4.69. The lowest BCUT2D eigenvalue weighted by Crippen LogP contribution is -2.31. The minimum atomic E-state index is -0.00874. The van der Waals surface area contributed by atoms with Crippen molar-refractivity contribution < 1.29 is 9.32 Å². The van der Waals surface area contributed by atoms with Gasteiger partial charge in [-0.3, -0.25) is 4.79 Å². The van der Waals surface area contributed by atoms with Gasteiger partial charge in [0.25, 0.3) is 0 Å². The third-order valence-electron chi connectivity index (χ3n) is 4.69. The number of hydrogen-bond donors (Lipinski definition) is 0. The molecule has 1 aliphatic heterocycles. The molecule has 6 heteroatoms. The maximum Gasteiger partial charge on any atom is 0.223 e. The number of aryl methyl sites for hydroxylation is 2. The predicted octanol–water partition coefficient (Wildman–Crippen LogP) is 3.52. The normalized spacial score (nSPS) is 17.5. The highest BCUT2D eigenvalue weighted by atomic mass is 16.5. The molecule has 0 aliphatic carbocycles. The van der Waals surface area contributed by atoms with Gasteiger partial charge in [0, 0.05) is 24.7 Å². The average Bonchev–Trinajstić information content (AvgIpc) is 3.16.